The molecule has 0 spiro atoms. The van der Waals surface area contributed by atoms with E-state index in [4.69, 9.17) is 0 Å². The lowest BCUT2D eigenvalue weighted by atomic mass is 9.71. The van der Waals surface area contributed by atoms with Crippen molar-refractivity contribution in [1.82, 2.24) is 9.78 Å². The van der Waals surface area contributed by atoms with Crippen molar-refractivity contribution in [3.05, 3.63) is 53.9 Å². The van der Waals surface area contributed by atoms with Crippen molar-refractivity contribution in [2.45, 2.75) is 52.0 Å². The fraction of sp³-hybridized carbons (Fsp3) is 0.444. The van der Waals surface area contributed by atoms with Gasteiger partial charge in [0.1, 0.15) is 5.78 Å². The molecule has 0 amide bonds. The number of Topliss-reactive ketones (excluding diaryl/α,β-unsaturated/α-hetero) is 1. The van der Waals surface area contributed by atoms with Crippen molar-refractivity contribution >= 4 is 5.78 Å². The van der Waals surface area contributed by atoms with Crippen LogP contribution in [0.2, 0.25) is 0 Å². The number of aromatic nitrogens is 2. The van der Waals surface area contributed by atoms with Gasteiger partial charge in [-0.25, -0.2) is 0 Å². The Bertz CT molecular complexity index is 582. The number of benzene rings is 1. The molecule has 3 heteroatoms. The van der Waals surface area contributed by atoms with Gasteiger partial charge in [-0.1, -0.05) is 44.2 Å². The van der Waals surface area contributed by atoms with E-state index in [2.05, 4.69) is 31.1 Å². The molecule has 3 nitrogen and oxygen atoms in total. The molecule has 1 aromatic carbocycles. The molecule has 0 saturated heterocycles. The highest BCUT2D eigenvalue weighted by atomic mass is 16.1. The molecule has 0 unspecified atom stereocenters. The molecule has 112 valence electrons. The molecule has 0 bridgehead atoms. The summed E-state index contributed by atoms with van der Waals surface area (Å²) < 4.78 is 1.87. The molecular formula is C18H24N2O. The monoisotopic (exact) mass is 284 g/mol. The van der Waals surface area contributed by atoms with E-state index in [9.17, 15) is 4.79 Å². The third-order valence-electron chi connectivity index (χ3n) is 4.44. The summed E-state index contributed by atoms with van der Waals surface area (Å²) in [6.07, 6.45) is 5.89. The standard InChI is InChI=1S/C18H24N2O/c1-4-18(5-2,16-10-8-7-9-11-16)17(21)12-15-13-19-20(6-3)14-15/h7-11,13-14H,4-6,12H2,1-3H3. The van der Waals surface area contributed by atoms with Crippen molar-refractivity contribution in [3.63, 3.8) is 0 Å². The first-order valence-corrected chi connectivity index (χ1v) is 7.76. The van der Waals surface area contributed by atoms with Crippen molar-refractivity contribution in [2.75, 3.05) is 0 Å². The van der Waals surface area contributed by atoms with Crippen LogP contribution >= 0.6 is 0 Å². The van der Waals surface area contributed by atoms with Crippen LogP contribution in [0.25, 0.3) is 0 Å². The van der Waals surface area contributed by atoms with Crippen LogP contribution in [0.4, 0.5) is 0 Å². The average molecular weight is 284 g/mol. The summed E-state index contributed by atoms with van der Waals surface area (Å²) >= 11 is 0. The summed E-state index contributed by atoms with van der Waals surface area (Å²) in [7, 11) is 0. The van der Waals surface area contributed by atoms with Gasteiger partial charge in [-0.3, -0.25) is 9.48 Å². The molecule has 2 rings (SSSR count). The Morgan fingerprint density at radius 3 is 2.33 bits per heavy atom. The van der Waals surface area contributed by atoms with Gasteiger partial charge in [0.2, 0.25) is 0 Å². The zero-order chi connectivity index (χ0) is 15.3. The van der Waals surface area contributed by atoms with Gasteiger partial charge in [-0.2, -0.15) is 5.10 Å². The lowest BCUT2D eigenvalue weighted by molar-refractivity contribution is -0.124. The van der Waals surface area contributed by atoms with E-state index in [1.165, 1.54) is 0 Å². The second-order valence-electron chi connectivity index (χ2n) is 5.46. The van der Waals surface area contributed by atoms with Gasteiger partial charge < -0.3 is 0 Å². The molecule has 21 heavy (non-hydrogen) atoms. The van der Waals surface area contributed by atoms with Crippen LogP contribution in [0.1, 0.15) is 44.7 Å². The Kier molecular flexibility index (Phi) is 4.94. The largest absolute Gasteiger partial charge is 0.298 e. The molecule has 0 atom stereocenters. The van der Waals surface area contributed by atoms with E-state index in [0.717, 1.165) is 30.5 Å². The van der Waals surface area contributed by atoms with Gasteiger partial charge in [0.15, 0.2) is 0 Å². The SMILES string of the molecule is CCn1cc(CC(=O)C(CC)(CC)c2ccccc2)cn1. The van der Waals surface area contributed by atoms with Gasteiger partial charge in [0.05, 0.1) is 11.6 Å². The highest BCUT2D eigenvalue weighted by Gasteiger charge is 2.36. The Morgan fingerprint density at radius 1 is 1.14 bits per heavy atom. The Hall–Kier alpha value is -1.90. The smallest absolute Gasteiger partial charge is 0.147 e. The number of carbonyl (C=O) groups excluding carboxylic acids is 1. The third-order valence-corrected chi connectivity index (χ3v) is 4.44. The van der Waals surface area contributed by atoms with E-state index in [1.807, 2.05) is 42.2 Å². The highest BCUT2D eigenvalue weighted by molar-refractivity contribution is 5.91. The van der Waals surface area contributed by atoms with Crippen LogP contribution in [0.15, 0.2) is 42.7 Å². The Labute approximate surface area is 127 Å². The molecule has 0 N–H and O–H groups in total. The number of nitrogens with zero attached hydrogens (tertiary/aromatic N) is 2. The van der Waals surface area contributed by atoms with Crippen LogP contribution < -0.4 is 0 Å². The molecule has 0 aliphatic carbocycles. The minimum atomic E-state index is -0.379. The fourth-order valence-corrected chi connectivity index (χ4v) is 3.00. The van der Waals surface area contributed by atoms with Gasteiger partial charge in [-0.15, -0.1) is 0 Å². The zero-order valence-corrected chi connectivity index (χ0v) is 13.2. The van der Waals surface area contributed by atoms with Crippen LogP contribution in [-0.2, 0) is 23.2 Å². The first-order valence-electron chi connectivity index (χ1n) is 7.76. The van der Waals surface area contributed by atoms with Crippen LogP contribution in [0, 0.1) is 0 Å². The lowest BCUT2D eigenvalue weighted by Gasteiger charge is -2.30. The molecular weight excluding hydrogens is 260 g/mol. The van der Waals surface area contributed by atoms with Crippen molar-refractivity contribution in [1.29, 1.82) is 0 Å². The summed E-state index contributed by atoms with van der Waals surface area (Å²) in [5, 5.41) is 4.26. The highest BCUT2D eigenvalue weighted by Crippen LogP contribution is 2.33. The number of hydrogen-bond donors (Lipinski definition) is 0. The molecule has 0 aliphatic heterocycles. The van der Waals surface area contributed by atoms with E-state index in [0.29, 0.717) is 6.42 Å². The summed E-state index contributed by atoms with van der Waals surface area (Å²) in [6.45, 7) is 7.08. The van der Waals surface area contributed by atoms with Crippen molar-refractivity contribution in [3.8, 4) is 0 Å². The lowest BCUT2D eigenvalue weighted by Crippen LogP contribution is -2.36. The average Bonchev–Trinajstić information content (AvgIpc) is 2.98. The van der Waals surface area contributed by atoms with Gasteiger partial charge >= 0.3 is 0 Å². The van der Waals surface area contributed by atoms with E-state index < -0.39 is 0 Å². The Balaban J connectivity index is 2.27. The minimum Gasteiger partial charge on any atom is -0.298 e. The number of aryl methyl sites for hydroxylation is 1. The predicted molar refractivity (Wildman–Crippen MR) is 85.3 cm³/mol. The number of hydrogen-bond acceptors (Lipinski definition) is 2. The number of rotatable bonds is 7. The first kappa shape index (κ1) is 15.5. The first-order chi connectivity index (χ1) is 10.2. The van der Waals surface area contributed by atoms with E-state index >= 15 is 0 Å². The molecule has 1 aromatic heterocycles. The molecule has 0 aliphatic rings. The van der Waals surface area contributed by atoms with Crippen molar-refractivity contribution < 1.29 is 4.79 Å². The normalized spacial score (nSPS) is 11.6. The maximum Gasteiger partial charge on any atom is 0.147 e. The van der Waals surface area contributed by atoms with Gasteiger partial charge in [-0.05, 0) is 30.9 Å². The molecule has 2 aromatic rings. The summed E-state index contributed by atoms with van der Waals surface area (Å²) in [6, 6.07) is 10.2. The second kappa shape index (κ2) is 6.70. The maximum absolute atomic E-state index is 13.0. The Morgan fingerprint density at radius 2 is 1.81 bits per heavy atom. The van der Waals surface area contributed by atoms with Gasteiger partial charge in [0.25, 0.3) is 0 Å². The summed E-state index contributed by atoms with van der Waals surface area (Å²) in [5.74, 6) is 0.286. The summed E-state index contributed by atoms with van der Waals surface area (Å²) in [4.78, 5) is 13.0. The molecule has 0 radical (unpaired) electrons. The molecule has 0 fully saturated rings. The molecule has 0 saturated carbocycles. The predicted octanol–water partition coefficient (Wildman–Crippen LogP) is 3.77. The topological polar surface area (TPSA) is 34.9 Å². The second-order valence-corrected chi connectivity index (χ2v) is 5.46. The quantitative estimate of drug-likeness (QED) is 0.775. The maximum atomic E-state index is 13.0. The van der Waals surface area contributed by atoms with Crippen LogP contribution in [0.3, 0.4) is 0 Å². The number of ketones is 1. The third kappa shape index (κ3) is 3.07. The van der Waals surface area contributed by atoms with Gasteiger partial charge in [0, 0.05) is 19.2 Å². The summed E-state index contributed by atoms with van der Waals surface area (Å²) in [5.41, 5.74) is 1.75. The molecule has 1 heterocycles. The zero-order valence-electron chi connectivity index (χ0n) is 13.2. The fourth-order valence-electron chi connectivity index (χ4n) is 3.00. The number of carbonyl (C=O) groups is 1. The van der Waals surface area contributed by atoms with E-state index in [1.54, 1.807) is 0 Å². The van der Waals surface area contributed by atoms with Crippen LogP contribution in [0.5, 0.6) is 0 Å². The van der Waals surface area contributed by atoms with E-state index in [-0.39, 0.29) is 11.2 Å². The van der Waals surface area contributed by atoms with Crippen molar-refractivity contribution in [2.24, 2.45) is 0 Å². The van der Waals surface area contributed by atoms with Crippen LogP contribution in [-0.4, -0.2) is 15.6 Å². The minimum absolute atomic E-state index is 0.286.